The molecule has 1 saturated carbocycles. The summed E-state index contributed by atoms with van der Waals surface area (Å²) in [6, 6.07) is 3.44. The second-order valence-electron chi connectivity index (χ2n) is 9.12. The number of esters is 1. The second-order valence-corrected chi connectivity index (χ2v) is 9.47. The topological polar surface area (TPSA) is 79.7 Å². The van der Waals surface area contributed by atoms with Gasteiger partial charge in [0.1, 0.15) is 5.56 Å². The van der Waals surface area contributed by atoms with E-state index in [0.29, 0.717) is 24.1 Å². The van der Waals surface area contributed by atoms with E-state index in [4.69, 9.17) is 25.8 Å². The molecule has 0 aliphatic heterocycles. The minimum atomic E-state index is -0.597. The van der Waals surface area contributed by atoms with Gasteiger partial charge in [0.25, 0.3) is 0 Å². The first-order valence-electron chi connectivity index (χ1n) is 12.4. The smallest absolute Gasteiger partial charge is 0.343 e. The van der Waals surface area contributed by atoms with Crippen LogP contribution in [0.5, 0.6) is 5.75 Å². The van der Waals surface area contributed by atoms with Crippen LogP contribution in [0.4, 0.5) is 0 Å². The van der Waals surface area contributed by atoms with E-state index in [1.54, 1.807) is 26.4 Å². The summed E-state index contributed by atoms with van der Waals surface area (Å²) in [5, 5.41) is 0.343. The number of hydrogen-bond donors (Lipinski definition) is 0. The fraction of sp³-hybridized carbons (Fsp3) is 0.593. The van der Waals surface area contributed by atoms with Crippen molar-refractivity contribution in [3.63, 3.8) is 0 Å². The molecular formula is C27H39ClN2O5. The SMILES string of the molecule is CC.CCOC(=O)c1cn(C2C(c3cc(OCCCOC)c(Cl)nc3C)CCC2(C)C)ccc1=O. The van der Waals surface area contributed by atoms with Crippen LogP contribution in [0.3, 0.4) is 0 Å². The van der Waals surface area contributed by atoms with Crippen LogP contribution in [0.25, 0.3) is 0 Å². The highest BCUT2D eigenvalue weighted by molar-refractivity contribution is 6.30. The van der Waals surface area contributed by atoms with Crippen LogP contribution in [-0.2, 0) is 9.47 Å². The van der Waals surface area contributed by atoms with Gasteiger partial charge >= 0.3 is 5.97 Å². The van der Waals surface area contributed by atoms with Gasteiger partial charge in [0.15, 0.2) is 16.3 Å². The molecule has 0 aromatic carbocycles. The molecule has 0 bridgehead atoms. The lowest BCUT2D eigenvalue weighted by molar-refractivity contribution is 0.0523. The van der Waals surface area contributed by atoms with E-state index in [2.05, 4.69) is 18.8 Å². The van der Waals surface area contributed by atoms with E-state index in [9.17, 15) is 9.59 Å². The predicted molar refractivity (Wildman–Crippen MR) is 139 cm³/mol. The average Bonchev–Trinajstić information content (AvgIpc) is 3.14. The Morgan fingerprint density at radius 3 is 2.66 bits per heavy atom. The third-order valence-electron chi connectivity index (χ3n) is 6.36. The van der Waals surface area contributed by atoms with Crippen molar-refractivity contribution >= 4 is 17.6 Å². The van der Waals surface area contributed by atoms with Gasteiger partial charge in [0.05, 0.1) is 13.2 Å². The Balaban J connectivity index is 0.00000210. The number of rotatable bonds is 9. The van der Waals surface area contributed by atoms with Crippen molar-refractivity contribution in [3.8, 4) is 5.75 Å². The van der Waals surface area contributed by atoms with Crippen molar-refractivity contribution in [3.05, 3.63) is 56.7 Å². The van der Waals surface area contributed by atoms with Gasteiger partial charge in [-0.3, -0.25) is 4.79 Å². The summed E-state index contributed by atoms with van der Waals surface area (Å²) in [6.07, 6.45) is 6.06. The molecule has 0 spiro atoms. The number of methoxy groups -OCH3 is 1. The number of carbonyl (C=O) groups is 1. The highest BCUT2D eigenvalue weighted by Gasteiger charge is 2.44. The monoisotopic (exact) mass is 506 g/mol. The van der Waals surface area contributed by atoms with Gasteiger partial charge in [0, 0.05) is 56.3 Å². The summed E-state index contributed by atoms with van der Waals surface area (Å²) in [4.78, 5) is 29.2. The lowest BCUT2D eigenvalue weighted by atomic mass is 9.82. The number of nitrogens with zero attached hydrogens (tertiary/aromatic N) is 2. The lowest BCUT2D eigenvalue weighted by Gasteiger charge is -2.34. The highest BCUT2D eigenvalue weighted by atomic mass is 35.5. The van der Waals surface area contributed by atoms with Crippen molar-refractivity contribution in [1.29, 1.82) is 0 Å². The standard InChI is InChI=1S/C25H33ClN2O5.C2H6/c1-6-32-24(30)19-15-28(11-9-20(19)29)22-17(8-10-25(22,3)4)18-14-21(23(26)27-16(18)2)33-13-7-12-31-5;1-2/h9,11,14-15,17,22H,6-8,10,12-13H2,1-5H3;1-2H3. The van der Waals surface area contributed by atoms with Gasteiger partial charge in [-0.25, -0.2) is 9.78 Å². The summed E-state index contributed by atoms with van der Waals surface area (Å²) in [6.45, 7) is 13.4. The van der Waals surface area contributed by atoms with Gasteiger partial charge in [-0.05, 0) is 43.7 Å². The maximum atomic E-state index is 12.3. The van der Waals surface area contributed by atoms with E-state index in [-0.39, 0.29) is 35.0 Å². The molecule has 2 aromatic rings. The Bertz CT molecular complexity index is 1050. The third-order valence-corrected chi connectivity index (χ3v) is 6.63. The molecule has 2 unspecified atom stereocenters. The van der Waals surface area contributed by atoms with Crippen LogP contribution in [0, 0.1) is 12.3 Å². The van der Waals surface area contributed by atoms with E-state index in [1.165, 1.54) is 6.07 Å². The number of aromatic nitrogens is 2. The number of ether oxygens (including phenoxy) is 3. The average molecular weight is 507 g/mol. The van der Waals surface area contributed by atoms with Gasteiger partial charge in [0.2, 0.25) is 0 Å². The van der Waals surface area contributed by atoms with Gasteiger partial charge in [-0.1, -0.05) is 39.3 Å². The van der Waals surface area contributed by atoms with Gasteiger partial charge < -0.3 is 18.8 Å². The van der Waals surface area contributed by atoms with Crippen LogP contribution < -0.4 is 10.2 Å². The molecule has 2 atom stereocenters. The summed E-state index contributed by atoms with van der Waals surface area (Å²) in [5.74, 6) is 0.0767. The van der Waals surface area contributed by atoms with Crippen molar-refractivity contribution in [2.75, 3.05) is 26.9 Å². The quantitative estimate of drug-likeness (QED) is 0.237. The number of pyridine rings is 2. The number of hydrogen-bond acceptors (Lipinski definition) is 6. The van der Waals surface area contributed by atoms with E-state index in [1.807, 2.05) is 31.4 Å². The molecule has 194 valence electrons. The summed E-state index contributed by atoms with van der Waals surface area (Å²) >= 11 is 6.37. The molecule has 2 aromatic heterocycles. The van der Waals surface area contributed by atoms with Crippen molar-refractivity contribution in [2.45, 2.75) is 72.8 Å². The Hall–Kier alpha value is -2.38. The van der Waals surface area contributed by atoms with E-state index >= 15 is 0 Å². The molecule has 0 amide bonds. The Kier molecular flexibility index (Phi) is 10.8. The highest BCUT2D eigenvalue weighted by Crippen LogP contribution is 2.54. The second kappa shape index (κ2) is 13.1. The minimum Gasteiger partial charge on any atom is -0.490 e. The molecule has 35 heavy (non-hydrogen) atoms. The largest absolute Gasteiger partial charge is 0.490 e. The molecule has 8 heteroatoms. The first-order chi connectivity index (χ1) is 16.7. The molecule has 1 fully saturated rings. The fourth-order valence-electron chi connectivity index (χ4n) is 4.78. The van der Waals surface area contributed by atoms with Crippen molar-refractivity contribution in [2.24, 2.45) is 5.41 Å². The molecule has 1 aliphatic rings. The molecule has 1 aliphatic carbocycles. The summed E-state index contributed by atoms with van der Waals surface area (Å²) in [7, 11) is 1.66. The Morgan fingerprint density at radius 1 is 1.29 bits per heavy atom. The molecule has 3 rings (SSSR count). The van der Waals surface area contributed by atoms with E-state index in [0.717, 1.165) is 30.5 Å². The zero-order chi connectivity index (χ0) is 26.2. The maximum Gasteiger partial charge on any atom is 0.343 e. The van der Waals surface area contributed by atoms with Crippen LogP contribution in [0.15, 0.2) is 29.3 Å². The van der Waals surface area contributed by atoms with Crippen molar-refractivity contribution < 1.29 is 19.0 Å². The Morgan fingerprint density at radius 2 is 2.00 bits per heavy atom. The zero-order valence-corrected chi connectivity index (χ0v) is 22.8. The molecule has 0 radical (unpaired) electrons. The van der Waals surface area contributed by atoms with Crippen molar-refractivity contribution in [1.82, 2.24) is 9.55 Å². The van der Waals surface area contributed by atoms with Crippen LogP contribution in [0.1, 0.15) is 87.5 Å². The van der Waals surface area contributed by atoms with E-state index < -0.39 is 5.97 Å². The molecule has 0 N–H and O–H groups in total. The summed E-state index contributed by atoms with van der Waals surface area (Å²) < 4.78 is 18.1. The predicted octanol–water partition coefficient (Wildman–Crippen LogP) is 5.97. The summed E-state index contributed by atoms with van der Waals surface area (Å²) in [5.41, 5.74) is 1.55. The van der Waals surface area contributed by atoms with Crippen LogP contribution >= 0.6 is 11.6 Å². The molecule has 0 saturated heterocycles. The van der Waals surface area contributed by atoms with Crippen LogP contribution in [0.2, 0.25) is 5.15 Å². The van der Waals surface area contributed by atoms with Gasteiger partial charge in [-0.15, -0.1) is 0 Å². The molecule has 7 nitrogen and oxygen atoms in total. The number of aryl methyl sites for hydroxylation is 1. The molecule has 2 heterocycles. The van der Waals surface area contributed by atoms with Crippen LogP contribution in [-0.4, -0.2) is 42.5 Å². The number of halogens is 1. The molecular weight excluding hydrogens is 468 g/mol. The Labute approximate surface area is 213 Å². The zero-order valence-electron chi connectivity index (χ0n) is 22.0. The maximum absolute atomic E-state index is 12.3. The normalized spacial score (nSPS) is 18.5. The first-order valence-corrected chi connectivity index (χ1v) is 12.7. The van der Waals surface area contributed by atoms with Gasteiger partial charge in [-0.2, -0.15) is 0 Å². The fourth-order valence-corrected chi connectivity index (χ4v) is 5.02. The third kappa shape index (κ3) is 6.85. The number of carbonyl (C=O) groups excluding carboxylic acids is 1. The first kappa shape index (κ1) is 28.9. The lowest BCUT2D eigenvalue weighted by Crippen LogP contribution is -2.28. The minimum absolute atomic E-state index is 0.00861.